The van der Waals surface area contributed by atoms with Crippen molar-refractivity contribution in [3.05, 3.63) is 39.8 Å². The number of aryl methyl sites for hydroxylation is 1. The van der Waals surface area contributed by atoms with Crippen molar-refractivity contribution < 1.29 is 0 Å². The number of nitrogens with zero attached hydrogens (tertiary/aromatic N) is 4. The van der Waals surface area contributed by atoms with Gasteiger partial charge in [-0.1, -0.05) is 17.7 Å². The highest BCUT2D eigenvalue weighted by Gasteiger charge is 2.15. The van der Waals surface area contributed by atoms with E-state index in [1.54, 1.807) is 5.38 Å². The Kier molecular flexibility index (Phi) is 5.67. The van der Waals surface area contributed by atoms with E-state index < -0.39 is 0 Å². The Hall–Kier alpha value is -1.96. The molecule has 0 spiro atoms. The van der Waals surface area contributed by atoms with Crippen molar-refractivity contribution in [2.75, 3.05) is 44.4 Å². The third-order valence-electron chi connectivity index (χ3n) is 4.58. The Balaban J connectivity index is 1.70. The number of nitrogens with two attached hydrogens (primary N) is 1. The fourth-order valence-electron chi connectivity index (χ4n) is 3.00. The predicted octanol–water partition coefficient (Wildman–Crippen LogP) is 2.54. The van der Waals surface area contributed by atoms with Crippen LogP contribution >= 0.6 is 11.3 Å². The maximum Gasteiger partial charge on any atom is 0.205 e. The van der Waals surface area contributed by atoms with Gasteiger partial charge in [0, 0.05) is 38.1 Å². The van der Waals surface area contributed by atoms with E-state index in [0.717, 1.165) is 38.3 Å². The maximum absolute atomic E-state index is 5.62. The van der Waals surface area contributed by atoms with Gasteiger partial charge in [0.05, 0.1) is 6.21 Å². The Labute approximate surface area is 153 Å². The van der Waals surface area contributed by atoms with E-state index in [0.29, 0.717) is 10.9 Å². The van der Waals surface area contributed by atoms with Crippen molar-refractivity contribution in [1.82, 2.24) is 14.8 Å². The topological polar surface area (TPSA) is 69.8 Å². The fourth-order valence-corrected chi connectivity index (χ4v) is 3.55. The van der Waals surface area contributed by atoms with Crippen molar-refractivity contribution >= 4 is 28.5 Å². The Bertz CT molecular complexity index is 746. The zero-order valence-electron chi connectivity index (χ0n) is 15.1. The summed E-state index contributed by atoms with van der Waals surface area (Å²) in [5, 5.41) is 6.82. The molecule has 1 aliphatic heterocycles. The number of nitrogens with one attached hydrogen (secondary N) is 1. The molecule has 3 rings (SSSR count). The second-order valence-electron chi connectivity index (χ2n) is 6.67. The average Bonchev–Trinajstić information content (AvgIpc) is 2.99. The van der Waals surface area contributed by atoms with Crippen LogP contribution in [0.3, 0.4) is 0 Å². The van der Waals surface area contributed by atoms with Gasteiger partial charge in [-0.05, 0) is 37.6 Å². The summed E-state index contributed by atoms with van der Waals surface area (Å²) in [5.41, 5.74) is 13.6. The molecule has 0 aliphatic carbocycles. The molecule has 0 unspecified atom stereocenters. The van der Waals surface area contributed by atoms with Gasteiger partial charge < -0.3 is 10.6 Å². The second kappa shape index (κ2) is 7.95. The zero-order valence-corrected chi connectivity index (χ0v) is 15.9. The molecule has 1 saturated heterocycles. The zero-order chi connectivity index (χ0) is 17.8. The summed E-state index contributed by atoms with van der Waals surface area (Å²) in [4.78, 5) is 9.05. The molecule has 0 saturated carbocycles. The van der Waals surface area contributed by atoms with Crippen LogP contribution in [0.5, 0.6) is 0 Å². The van der Waals surface area contributed by atoms with Crippen LogP contribution in [0.15, 0.2) is 22.6 Å². The first-order valence-corrected chi connectivity index (χ1v) is 9.40. The Morgan fingerprint density at radius 3 is 2.72 bits per heavy atom. The molecular formula is C18H26N6S. The molecule has 7 heteroatoms. The molecule has 6 nitrogen and oxygen atoms in total. The highest BCUT2D eigenvalue weighted by molar-refractivity contribution is 7.14. The molecule has 1 aromatic heterocycles. The van der Waals surface area contributed by atoms with Crippen LogP contribution in [0.25, 0.3) is 0 Å². The predicted molar refractivity (Wildman–Crippen MR) is 106 cm³/mol. The van der Waals surface area contributed by atoms with Crippen LogP contribution in [-0.2, 0) is 6.54 Å². The van der Waals surface area contributed by atoms with Crippen molar-refractivity contribution in [1.29, 1.82) is 0 Å². The summed E-state index contributed by atoms with van der Waals surface area (Å²) in [6.45, 7) is 9.84. The van der Waals surface area contributed by atoms with E-state index in [2.05, 4.69) is 58.3 Å². The number of hydrogen-bond donors (Lipinski definition) is 2. The van der Waals surface area contributed by atoms with E-state index in [1.165, 1.54) is 28.0 Å². The van der Waals surface area contributed by atoms with Crippen molar-refractivity contribution in [3.8, 4) is 0 Å². The molecule has 2 aromatic rings. The van der Waals surface area contributed by atoms with Crippen LogP contribution in [0.4, 0.5) is 10.9 Å². The number of aromatic nitrogens is 1. The van der Waals surface area contributed by atoms with Crippen molar-refractivity contribution in [3.63, 3.8) is 0 Å². The molecule has 0 bridgehead atoms. The lowest BCUT2D eigenvalue weighted by Crippen LogP contribution is -2.44. The summed E-state index contributed by atoms with van der Waals surface area (Å²) in [7, 11) is 2.19. The number of piperazine rings is 1. The summed E-state index contributed by atoms with van der Waals surface area (Å²) in [6.07, 6.45) is 1.87. The van der Waals surface area contributed by atoms with Crippen LogP contribution in [-0.4, -0.2) is 54.2 Å². The lowest BCUT2D eigenvalue weighted by Gasteiger charge is -2.32. The van der Waals surface area contributed by atoms with Gasteiger partial charge in [-0.3, -0.25) is 10.3 Å². The maximum atomic E-state index is 5.62. The minimum atomic E-state index is 0.517. The van der Waals surface area contributed by atoms with E-state index in [-0.39, 0.29) is 0 Å². The van der Waals surface area contributed by atoms with Crippen molar-refractivity contribution in [2.45, 2.75) is 20.4 Å². The van der Waals surface area contributed by atoms with Crippen LogP contribution in [0, 0.1) is 13.8 Å². The number of anilines is 2. The van der Waals surface area contributed by atoms with Gasteiger partial charge in [-0.2, -0.15) is 5.10 Å². The first kappa shape index (κ1) is 17.8. The van der Waals surface area contributed by atoms with Gasteiger partial charge in [0.2, 0.25) is 5.13 Å². The molecule has 0 amide bonds. The molecule has 1 aromatic carbocycles. The van der Waals surface area contributed by atoms with Crippen molar-refractivity contribution in [2.24, 2.45) is 5.10 Å². The second-order valence-corrected chi connectivity index (χ2v) is 7.52. The largest absolute Gasteiger partial charge is 0.383 e. The normalized spacial score (nSPS) is 16.6. The molecule has 1 fully saturated rings. The lowest BCUT2D eigenvalue weighted by molar-refractivity contribution is 0.148. The van der Waals surface area contributed by atoms with E-state index in [1.807, 2.05) is 6.21 Å². The average molecular weight is 359 g/mol. The molecule has 134 valence electrons. The summed E-state index contributed by atoms with van der Waals surface area (Å²) >= 11 is 1.45. The summed E-state index contributed by atoms with van der Waals surface area (Å²) in [5.74, 6) is 0.517. The van der Waals surface area contributed by atoms with Crippen LogP contribution in [0.2, 0.25) is 0 Å². The van der Waals surface area contributed by atoms with Gasteiger partial charge in [0.25, 0.3) is 0 Å². The smallest absolute Gasteiger partial charge is 0.205 e. The number of nitrogen functional groups attached to an aromatic ring is 1. The van der Waals surface area contributed by atoms with E-state index >= 15 is 0 Å². The number of likely N-dealkylation sites (N-methyl/N-ethyl adjacent to an activating group) is 1. The lowest BCUT2D eigenvalue weighted by atomic mass is 9.99. The third-order valence-corrected chi connectivity index (χ3v) is 5.34. The quantitative estimate of drug-likeness (QED) is 0.635. The van der Waals surface area contributed by atoms with Gasteiger partial charge in [-0.15, -0.1) is 11.3 Å². The molecular weight excluding hydrogens is 332 g/mol. The number of hydrogen-bond acceptors (Lipinski definition) is 7. The molecule has 1 aliphatic rings. The molecule has 0 radical (unpaired) electrons. The molecule has 3 N–H and O–H groups in total. The number of hydrazone groups is 1. The standard InChI is InChI=1S/C18H26N6S/c1-13-8-15(10-20-22-18-21-17(19)12-25-18)14(2)16(9-13)11-24-6-4-23(3)5-7-24/h8-10,12H,4-7,11,19H2,1-3H3,(H,21,22). The molecule has 25 heavy (non-hydrogen) atoms. The van der Waals surface area contributed by atoms with Gasteiger partial charge in [-0.25, -0.2) is 4.98 Å². The highest BCUT2D eigenvalue weighted by atomic mass is 32.1. The number of thiazole rings is 1. The van der Waals surface area contributed by atoms with Crippen LogP contribution < -0.4 is 11.2 Å². The van der Waals surface area contributed by atoms with E-state index in [9.17, 15) is 0 Å². The SMILES string of the molecule is Cc1cc(C=NNc2nc(N)cs2)c(C)c(CN2CCN(C)CC2)c1. The number of rotatable bonds is 5. The monoisotopic (exact) mass is 358 g/mol. The minimum Gasteiger partial charge on any atom is -0.383 e. The fraction of sp³-hybridized carbons (Fsp3) is 0.444. The molecule has 0 atom stereocenters. The third kappa shape index (κ3) is 4.78. The molecule has 2 heterocycles. The van der Waals surface area contributed by atoms with Crippen LogP contribution in [0.1, 0.15) is 22.3 Å². The Morgan fingerprint density at radius 1 is 1.28 bits per heavy atom. The number of benzene rings is 1. The highest BCUT2D eigenvalue weighted by Crippen LogP contribution is 2.19. The summed E-state index contributed by atoms with van der Waals surface area (Å²) in [6, 6.07) is 4.46. The van der Waals surface area contributed by atoms with E-state index in [4.69, 9.17) is 5.73 Å². The Morgan fingerprint density at radius 2 is 2.04 bits per heavy atom. The first-order chi connectivity index (χ1) is 12.0. The van der Waals surface area contributed by atoms with Gasteiger partial charge in [0.1, 0.15) is 5.82 Å². The van der Waals surface area contributed by atoms with Gasteiger partial charge in [0.15, 0.2) is 0 Å². The first-order valence-electron chi connectivity index (χ1n) is 8.52. The van der Waals surface area contributed by atoms with Gasteiger partial charge >= 0.3 is 0 Å². The minimum absolute atomic E-state index is 0.517. The summed E-state index contributed by atoms with van der Waals surface area (Å²) < 4.78 is 0.